The van der Waals surface area contributed by atoms with Gasteiger partial charge in [0.25, 0.3) is 0 Å². The molecule has 0 fully saturated rings. The predicted octanol–water partition coefficient (Wildman–Crippen LogP) is 2.76. The highest BCUT2D eigenvalue weighted by atomic mass is 16.3. The molecule has 0 spiro atoms. The van der Waals surface area contributed by atoms with Gasteiger partial charge < -0.3 is 15.3 Å². The summed E-state index contributed by atoms with van der Waals surface area (Å²) >= 11 is 0. The Morgan fingerprint density at radius 1 is 1.37 bits per heavy atom. The minimum Gasteiger partial charge on any atom is -0.508 e. The molecule has 0 aliphatic rings. The van der Waals surface area contributed by atoms with E-state index in [0.29, 0.717) is 6.42 Å². The van der Waals surface area contributed by atoms with Crippen LogP contribution in [-0.4, -0.2) is 36.1 Å². The van der Waals surface area contributed by atoms with E-state index in [2.05, 4.69) is 17.1 Å². The summed E-state index contributed by atoms with van der Waals surface area (Å²) in [6, 6.07) is 4.95. The predicted molar refractivity (Wildman–Crippen MR) is 78.5 cm³/mol. The molecule has 0 saturated heterocycles. The van der Waals surface area contributed by atoms with Gasteiger partial charge in [0.2, 0.25) is 5.91 Å². The van der Waals surface area contributed by atoms with Crippen LogP contribution in [0.25, 0.3) is 0 Å². The summed E-state index contributed by atoms with van der Waals surface area (Å²) in [6.07, 6.45) is 2.82. The third kappa shape index (κ3) is 5.75. The molecule has 0 heterocycles. The number of aromatic hydroxyl groups is 1. The van der Waals surface area contributed by atoms with Crippen LogP contribution >= 0.6 is 0 Å². The maximum Gasteiger partial charge on any atom is 0.225 e. The van der Waals surface area contributed by atoms with Gasteiger partial charge >= 0.3 is 0 Å². The SMILES string of the molecule is CCCCN(C)CCC(=O)Nc1ccc(O)cc1C. The van der Waals surface area contributed by atoms with Crippen LogP contribution in [0, 0.1) is 6.92 Å². The molecular formula is C15H24N2O2. The third-order valence-corrected chi connectivity index (χ3v) is 3.10. The van der Waals surface area contributed by atoms with Crippen molar-refractivity contribution in [3.8, 4) is 5.75 Å². The maximum absolute atomic E-state index is 11.8. The molecule has 19 heavy (non-hydrogen) atoms. The van der Waals surface area contributed by atoms with Crippen molar-refractivity contribution < 1.29 is 9.90 Å². The number of phenolic OH excluding ortho intramolecular Hbond substituents is 1. The molecule has 0 aliphatic heterocycles. The molecule has 2 N–H and O–H groups in total. The van der Waals surface area contributed by atoms with Gasteiger partial charge in [0, 0.05) is 18.7 Å². The molecule has 0 unspecified atom stereocenters. The van der Waals surface area contributed by atoms with Crippen molar-refractivity contribution in [3.05, 3.63) is 23.8 Å². The third-order valence-electron chi connectivity index (χ3n) is 3.10. The van der Waals surface area contributed by atoms with E-state index < -0.39 is 0 Å². The number of hydrogen-bond donors (Lipinski definition) is 2. The number of nitrogens with zero attached hydrogens (tertiary/aromatic N) is 1. The highest BCUT2D eigenvalue weighted by Gasteiger charge is 2.07. The molecule has 4 heteroatoms. The van der Waals surface area contributed by atoms with Gasteiger partial charge in [-0.25, -0.2) is 0 Å². The lowest BCUT2D eigenvalue weighted by Crippen LogP contribution is -2.25. The van der Waals surface area contributed by atoms with Crippen molar-refractivity contribution in [2.75, 3.05) is 25.5 Å². The van der Waals surface area contributed by atoms with Crippen LogP contribution in [-0.2, 0) is 4.79 Å². The summed E-state index contributed by atoms with van der Waals surface area (Å²) in [4.78, 5) is 14.0. The fraction of sp³-hybridized carbons (Fsp3) is 0.533. The number of hydrogen-bond acceptors (Lipinski definition) is 3. The Hall–Kier alpha value is -1.55. The Balaban J connectivity index is 2.38. The molecule has 1 amide bonds. The van der Waals surface area contributed by atoms with Crippen molar-refractivity contribution in [1.29, 1.82) is 0 Å². The first-order chi connectivity index (χ1) is 9.02. The van der Waals surface area contributed by atoms with Gasteiger partial charge in [0.1, 0.15) is 5.75 Å². The van der Waals surface area contributed by atoms with Crippen molar-refractivity contribution in [2.24, 2.45) is 0 Å². The van der Waals surface area contributed by atoms with Gasteiger partial charge in [-0.15, -0.1) is 0 Å². The zero-order valence-corrected chi connectivity index (χ0v) is 12.1. The van der Waals surface area contributed by atoms with Crippen LogP contribution in [0.4, 0.5) is 5.69 Å². The zero-order chi connectivity index (χ0) is 14.3. The van der Waals surface area contributed by atoms with Crippen molar-refractivity contribution >= 4 is 11.6 Å². The highest BCUT2D eigenvalue weighted by molar-refractivity contribution is 5.91. The fourth-order valence-corrected chi connectivity index (χ4v) is 1.83. The lowest BCUT2D eigenvalue weighted by Gasteiger charge is -2.16. The number of unbranched alkanes of at least 4 members (excludes halogenated alkanes) is 1. The molecule has 4 nitrogen and oxygen atoms in total. The number of amides is 1. The number of aryl methyl sites for hydroxylation is 1. The normalized spacial score (nSPS) is 10.7. The van der Waals surface area contributed by atoms with E-state index >= 15 is 0 Å². The topological polar surface area (TPSA) is 52.6 Å². The van der Waals surface area contributed by atoms with E-state index in [0.717, 1.165) is 30.8 Å². The van der Waals surface area contributed by atoms with E-state index in [4.69, 9.17) is 0 Å². The molecule has 0 aromatic heterocycles. The average Bonchev–Trinajstić information content (AvgIpc) is 2.37. The van der Waals surface area contributed by atoms with Gasteiger partial charge in [-0.1, -0.05) is 13.3 Å². The van der Waals surface area contributed by atoms with Crippen molar-refractivity contribution in [2.45, 2.75) is 33.1 Å². The quantitative estimate of drug-likeness (QED) is 0.745. The first-order valence-electron chi connectivity index (χ1n) is 6.81. The van der Waals surface area contributed by atoms with E-state index in [1.807, 2.05) is 14.0 Å². The Morgan fingerprint density at radius 2 is 2.11 bits per heavy atom. The summed E-state index contributed by atoms with van der Waals surface area (Å²) in [5, 5.41) is 12.2. The number of carbonyl (C=O) groups excluding carboxylic acids is 1. The second-order valence-electron chi connectivity index (χ2n) is 4.95. The largest absolute Gasteiger partial charge is 0.508 e. The van der Waals surface area contributed by atoms with Crippen molar-refractivity contribution in [3.63, 3.8) is 0 Å². The minimum absolute atomic E-state index is 0.0112. The summed E-state index contributed by atoms with van der Waals surface area (Å²) in [5.41, 5.74) is 1.63. The fourth-order valence-electron chi connectivity index (χ4n) is 1.83. The van der Waals surface area contributed by atoms with Gasteiger partial charge in [0.15, 0.2) is 0 Å². The van der Waals surface area contributed by atoms with E-state index in [1.54, 1.807) is 18.2 Å². The van der Waals surface area contributed by atoms with Crippen LogP contribution in [0.15, 0.2) is 18.2 Å². The second kappa shape index (κ2) is 7.79. The molecule has 1 aromatic rings. The van der Waals surface area contributed by atoms with E-state index in [1.165, 1.54) is 6.42 Å². The lowest BCUT2D eigenvalue weighted by molar-refractivity contribution is -0.116. The first kappa shape index (κ1) is 15.5. The van der Waals surface area contributed by atoms with Gasteiger partial charge in [0.05, 0.1) is 0 Å². The molecule has 0 saturated carbocycles. The molecule has 106 valence electrons. The van der Waals surface area contributed by atoms with Gasteiger partial charge in [-0.2, -0.15) is 0 Å². The number of rotatable bonds is 7. The number of anilines is 1. The minimum atomic E-state index is 0.0112. The molecule has 1 rings (SSSR count). The van der Waals surface area contributed by atoms with Crippen LogP contribution in [0.3, 0.4) is 0 Å². The van der Waals surface area contributed by atoms with E-state index in [9.17, 15) is 9.90 Å². The second-order valence-corrected chi connectivity index (χ2v) is 4.95. The molecular weight excluding hydrogens is 240 g/mol. The standard InChI is InChI=1S/C15H24N2O2/c1-4-5-9-17(3)10-8-15(19)16-14-7-6-13(18)11-12(14)2/h6-7,11,18H,4-5,8-10H2,1-3H3,(H,16,19). The van der Waals surface area contributed by atoms with Crippen LogP contribution in [0.1, 0.15) is 31.7 Å². The summed E-state index contributed by atoms with van der Waals surface area (Å²) < 4.78 is 0. The Kier molecular flexibility index (Phi) is 6.36. The number of phenols is 1. The smallest absolute Gasteiger partial charge is 0.225 e. The van der Waals surface area contributed by atoms with Crippen LogP contribution in [0.2, 0.25) is 0 Å². The zero-order valence-electron chi connectivity index (χ0n) is 12.1. The number of benzene rings is 1. The average molecular weight is 264 g/mol. The first-order valence-corrected chi connectivity index (χ1v) is 6.81. The molecule has 0 radical (unpaired) electrons. The summed E-state index contributed by atoms with van der Waals surface area (Å²) in [5.74, 6) is 0.229. The molecule has 0 aliphatic carbocycles. The Morgan fingerprint density at radius 3 is 2.74 bits per heavy atom. The number of carbonyl (C=O) groups is 1. The lowest BCUT2D eigenvalue weighted by atomic mass is 10.2. The maximum atomic E-state index is 11.8. The van der Waals surface area contributed by atoms with Crippen LogP contribution < -0.4 is 5.32 Å². The monoisotopic (exact) mass is 264 g/mol. The Bertz CT molecular complexity index is 419. The number of nitrogens with one attached hydrogen (secondary N) is 1. The molecule has 0 atom stereocenters. The van der Waals surface area contributed by atoms with Crippen LogP contribution in [0.5, 0.6) is 5.75 Å². The van der Waals surface area contributed by atoms with E-state index in [-0.39, 0.29) is 11.7 Å². The highest BCUT2D eigenvalue weighted by Crippen LogP contribution is 2.20. The summed E-state index contributed by atoms with van der Waals surface area (Å²) in [7, 11) is 2.04. The summed E-state index contributed by atoms with van der Waals surface area (Å²) in [6.45, 7) is 5.82. The molecule has 1 aromatic carbocycles. The van der Waals surface area contributed by atoms with Crippen molar-refractivity contribution in [1.82, 2.24) is 4.90 Å². The van der Waals surface area contributed by atoms with Gasteiger partial charge in [-0.05, 0) is 50.7 Å². The Labute approximate surface area is 115 Å². The van der Waals surface area contributed by atoms with Gasteiger partial charge in [-0.3, -0.25) is 4.79 Å². The molecule has 0 bridgehead atoms.